The van der Waals surface area contributed by atoms with Crippen molar-refractivity contribution in [2.75, 3.05) is 13.6 Å². The molecule has 0 aliphatic carbocycles. The van der Waals surface area contributed by atoms with E-state index in [0.29, 0.717) is 6.54 Å². The maximum atomic E-state index is 11.9. The van der Waals surface area contributed by atoms with Gasteiger partial charge in [-0.05, 0) is 26.3 Å². The van der Waals surface area contributed by atoms with E-state index >= 15 is 0 Å². The van der Waals surface area contributed by atoms with Crippen molar-refractivity contribution in [1.29, 1.82) is 0 Å². The highest BCUT2D eigenvalue weighted by molar-refractivity contribution is 6.01. The number of oxime groups is 1. The van der Waals surface area contributed by atoms with Crippen molar-refractivity contribution in [1.82, 2.24) is 10.2 Å². The molecule has 1 heterocycles. The highest BCUT2D eigenvalue weighted by Crippen LogP contribution is 2.17. The van der Waals surface area contributed by atoms with Crippen molar-refractivity contribution in [3.8, 4) is 0 Å². The van der Waals surface area contributed by atoms with Gasteiger partial charge < -0.3 is 15.1 Å². The van der Waals surface area contributed by atoms with Gasteiger partial charge in [0.2, 0.25) is 0 Å². The first-order chi connectivity index (χ1) is 9.95. The summed E-state index contributed by atoms with van der Waals surface area (Å²) in [5.74, 6) is 0. The monoisotopic (exact) mass is 289 g/mol. The molecule has 0 aromatic heterocycles. The summed E-state index contributed by atoms with van der Waals surface area (Å²) in [6.45, 7) is 6.46. The Morgan fingerprint density at radius 1 is 1.43 bits per heavy atom. The number of likely N-dealkylation sites (N-methyl/N-ethyl adjacent to an activating group) is 1. The zero-order valence-electron chi connectivity index (χ0n) is 13.1. The number of nitrogens with zero attached hydrogens (tertiary/aromatic N) is 2. The summed E-state index contributed by atoms with van der Waals surface area (Å²) < 4.78 is 0. The number of benzene rings is 1. The Bertz CT molecular complexity index is 523. The Morgan fingerprint density at radius 2 is 2.10 bits per heavy atom. The van der Waals surface area contributed by atoms with E-state index in [-0.39, 0.29) is 18.2 Å². The Balaban J connectivity index is 1.87. The normalized spacial score (nSPS) is 17.4. The van der Waals surface area contributed by atoms with Crippen LogP contribution in [0.15, 0.2) is 29.4 Å². The van der Waals surface area contributed by atoms with Gasteiger partial charge >= 0.3 is 6.03 Å². The Hall–Kier alpha value is -2.04. The van der Waals surface area contributed by atoms with E-state index in [1.165, 1.54) is 5.56 Å². The van der Waals surface area contributed by atoms with Crippen molar-refractivity contribution in [3.63, 3.8) is 0 Å². The molecule has 0 spiro atoms. The molecule has 1 aromatic carbocycles. The van der Waals surface area contributed by atoms with E-state index < -0.39 is 0 Å². The molecule has 0 saturated heterocycles. The van der Waals surface area contributed by atoms with Gasteiger partial charge in [0.05, 0.1) is 12.3 Å². The van der Waals surface area contributed by atoms with Gasteiger partial charge in [-0.3, -0.25) is 0 Å². The van der Waals surface area contributed by atoms with E-state index in [0.717, 1.165) is 17.7 Å². The van der Waals surface area contributed by atoms with Crippen LogP contribution in [0, 0.1) is 6.92 Å². The second-order valence-electron chi connectivity index (χ2n) is 5.82. The molecule has 2 amide bonds. The van der Waals surface area contributed by atoms with Crippen molar-refractivity contribution in [3.05, 3.63) is 35.4 Å². The summed E-state index contributed by atoms with van der Waals surface area (Å²) in [5.41, 5.74) is 3.25. The number of rotatable bonds is 4. The lowest BCUT2D eigenvalue weighted by molar-refractivity contribution is 0.0655. The topological polar surface area (TPSA) is 53.9 Å². The molecule has 0 saturated carbocycles. The molecule has 1 unspecified atom stereocenters. The van der Waals surface area contributed by atoms with Gasteiger partial charge in [0.25, 0.3) is 0 Å². The van der Waals surface area contributed by atoms with Crippen LogP contribution in [0.5, 0.6) is 0 Å². The minimum absolute atomic E-state index is 0.0794. The number of aryl methyl sites for hydroxylation is 1. The first-order valence-electron chi connectivity index (χ1n) is 7.27. The predicted molar refractivity (Wildman–Crippen MR) is 83.5 cm³/mol. The highest BCUT2D eigenvalue weighted by atomic mass is 16.6. The number of urea groups is 1. The minimum atomic E-state index is -0.0858. The molecular weight excluding hydrogens is 266 g/mol. The lowest BCUT2D eigenvalue weighted by atomic mass is 10.0. The number of nitrogens with one attached hydrogen (secondary N) is 1. The standard InChI is InChI=1S/C16H23N3O2/c1-11(2)17-16(20)19(4)10-14-9-15(18-21-14)13-7-5-12(3)6-8-13/h5-8,11,14H,9-10H2,1-4H3,(H,17,20). The molecule has 2 rings (SSSR count). The summed E-state index contributed by atoms with van der Waals surface area (Å²) in [5, 5.41) is 7.01. The summed E-state index contributed by atoms with van der Waals surface area (Å²) in [6, 6.07) is 8.27. The number of amides is 2. The van der Waals surface area contributed by atoms with Gasteiger partial charge in [0.1, 0.15) is 0 Å². The van der Waals surface area contributed by atoms with Crippen molar-refractivity contribution in [2.45, 2.75) is 39.3 Å². The van der Waals surface area contributed by atoms with Crippen LogP contribution in [0.4, 0.5) is 4.79 Å². The summed E-state index contributed by atoms with van der Waals surface area (Å²) in [6.07, 6.45) is 0.645. The molecule has 0 radical (unpaired) electrons. The zero-order chi connectivity index (χ0) is 15.4. The molecule has 1 N–H and O–H groups in total. The van der Waals surface area contributed by atoms with E-state index in [1.54, 1.807) is 11.9 Å². The van der Waals surface area contributed by atoms with Crippen LogP contribution < -0.4 is 5.32 Å². The van der Waals surface area contributed by atoms with Crippen molar-refractivity contribution < 1.29 is 9.63 Å². The van der Waals surface area contributed by atoms with Crippen LogP contribution in [0.25, 0.3) is 0 Å². The molecule has 0 fully saturated rings. The molecule has 1 aromatic rings. The van der Waals surface area contributed by atoms with E-state index in [1.807, 2.05) is 13.8 Å². The summed E-state index contributed by atoms with van der Waals surface area (Å²) >= 11 is 0. The number of hydrogen-bond acceptors (Lipinski definition) is 3. The molecule has 1 aliphatic rings. The molecule has 114 valence electrons. The van der Waals surface area contributed by atoms with Crippen LogP contribution in [0.3, 0.4) is 0 Å². The fourth-order valence-corrected chi connectivity index (χ4v) is 2.19. The summed E-state index contributed by atoms with van der Waals surface area (Å²) in [7, 11) is 1.77. The maximum Gasteiger partial charge on any atom is 0.317 e. The summed E-state index contributed by atoms with van der Waals surface area (Å²) in [4.78, 5) is 18.9. The van der Waals surface area contributed by atoms with Crippen molar-refractivity contribution >= 4 is 11.7 Å². The first kappa shape index (κ1) is 15.4. The quantitative estimate of drug-likeness (QED) is 0.926. The third-order valence-electron chi connectivity index (χ3n) is 3.35. The van der Waals surface area contributed by atoms with E-state index in [9.17, 15) is 4.79 Å². The van der Waals surface area contributed by atoms with Gasteiger partial charge in [-0.15, -0.1) is 0 Å². The smallest absolute Gasteiger partial charge is 0.317 e. The molecule has 1 aliphatic heterocycles. The van der Waals surface area contributed by atoms with E-state index in [2.05, 4.69) is 41.7 Å². The third-order valence-corrected chi connectivity index (χ3v) is 3.35. The second-order valence-corrected chi connectivity index (χ2v) is 5.82. The van der Waals surface area contributed by atoms with Crippen LogP contribution in [-0.4, -0.2) is 42.4 Å². The lowest BCUT2D eigenvalue weighted by Crippen LogP contribution is -2.43. The fraction of sp³-hybridized carbons (Fsp3) is 0.500. The molecular formula is C16H23N3O2. The minimum Gasteiger partial charge on any atom is -0.390 e. The van der Waals surface area contributed by atoms with E-state index in [4.69, 9.17) is 4.84 Å². The lowest BCUT2D eigenvalue weighted by Gasteiger charge is -2.21. The van der Waals surface area contributed by atoms with Crippen LogP contribution in [-0.2, 0) is 4.84 Å². The van der Waals surface area contributed by atoms with Crippen LogP contribution in [0.1, 0.15) is 31.4 Å². The second kappa shape index (κ2) is 6.61. The third kappa shape index (κ3) is 4.21. The average Bonchev–Trinajstić information content (AvgIpc) is 2.87. The van der Waals surface area contributed by atoms with Gasteiger partial charge in [0.15, 0.2) is 6.10 Å². The molecule has 1 atom stereocenters. The Labute approximate surface area is 126 Å². The van der Waals surface area contributed by atoms with Gasteiger partial charge in [-0.1, -0.05) is 35.0 Å². The fourth-order valence-electron chi connectivity index (χ4n) is 2.19. The Kier molecular flexibility index (Phi) is 4.83. The van der Waals surface area contributed by atoms with Crippen molar-refractivity contribution in [2.24, 2.45) is 5.16 Å². The van der Waals surface area contributed by atoms with Gasteiger partial charge in [-0.2, -0.15) is 0 Å². The average molecular weight is 289 g/mol. The molecule has 0 bridgehead atoms. The predicted octanol–water partition coefficient (Wildman–Crippen LogP) is 2.54. The number of hydrogen-bond donors (Lipinski definition) is 1. The maximum absolute atomic E-state index is 11.9. The molecule has 21 heavy (non-hydrogen) atoms. The SMILES string of the molecule is Cc1ccc(C2=NOC(CN(C)C(=O)NC(C)C)C2)cc1. The largest absolute Gasteiger partial charge is 0.390 e. The number of carbonyl (C=O) groups is 1. The van der Waals surface area contributed by atoms with Crippen LogP contribution >= 0.6 is 0 Å². The van der Waals surface area contributed by atoms with Gasteiger partial charge in [-0.25, -0.2) is 4.79 Å². The van der Waals surface area contributed by atoms with Crippen LogP contribution in [0.2, 0.25) is 0 Å². The number of carbonyl (C=O) groups excluding carboxylic acids is 1. The zero-order valence-corrected chi connectivity index (χ0v) is 13.1. The highest BCUT2D eigenvalue weighted by Gasteiger charge is 2.25. The first-order valence-corrected chi connectivity index (χ1v) is 7.27. The Morgan fingerprint density at radius 3 is 2.71 bits per heavy atom. The van der Waals surface area contributed by atoms with Gasteiger partial charge in [0, 0.05) is 19.5 Å². The molecule has 5 heteroatoms. The molecule has 5 nitrogen and oxygen atoms in total.